The smallest absolute Gasteiger partial charge is 0.317 e. The number of carboxylic acids is 1. The first-order chi connectivity index (χ1) is 9.26. The van der Waals surface area contributed by atoms with Gasteiger partial charge in [-0.3, -0.25) is 4.79 Å². The normalized spacial score (nSPS) is 23.4. The first kappa shape index (κ1) is 16.7. The molecule has 1 aliphatic rings. The van der Waals surface area contributed by atoms with Crippen LogP contribution in [0.1, 0.15) is 26.7 Å². The maximum Gasteiger partial charge on any atom is 0.317 e. The number of nitrogens with one attached hydrogen (secondary N) is 1. The van der Waals surface area contributed by atoms with Gasteiger partial charge in [0.1, 0.15) is 0 Å². The zero-order valence-electron chi connectivity index (χ0n) is 11.8. The minimum atomic E-state index is -3.09. The number of aliphatic carboxylic acids is 1. The van der Waals surface area contributed by atoms with E-state index >= 15 is 0 Å². The predicted octanol–water partition coefficient (Wildman–Crippen LogP) is 0.316. The predicted molar refractivity (Wildman–Crippen MR) is 74.3 cm³/mol. The van der Waals surface area contributed by atoms with Gasteiger partial charge in [0.05, 0.1) is 11.7 Å². The molecule has 0 bridgehead atoms. The lowest BCUT2D eigenvalue weighted by atomic mass is 9.92. The average molecular weight is 306 g/mol. The van der Waals surface area contributed by atoms with Gasteiger partial charge in [0.15, 0.2) is 9.84 Å². The summed E-state index contributed by atoms with van der Waals surface area (Å²) in [6.45, 7) is 3.83. The van der Waals surface area contributed by atoms with Gasteiger partial charge in [0, 0.05) is 24.9 Å². The van der Waals surface area contributed by atoms with E-state index in [1.54, 1.807) is 18.7 Å². The molecular formula is C12H22N2O5S. The molecule has 116 valence electrons. The average Bonchev–Trinajstić information content (AvgIpc) is 2.38. The number of nitrogens with zero attached hydrogens (tertiary/aromatic N) is 1. The molecule has 1 saturated heterocycles. The van der Waals surface area contributed by atoms with Crippen molar-refractivity contribution in [3.8, 4) is 0 Å². The first-order valence-electron chi connectivity index (χ1n) is 6.74. The van der Waals surface area contributed by atoms with Crippen molar-refractivity contribution >= 4 is 21.8 Å². The molecule has 0 aliphatic carbocycles. The third kappa shape index (κ3) is 4.66. The molecule has 8 heteroatoms. The fourth-order valence-electron chi connectivity index (χ4n) is 2.26. The highest BCUT2D eigenvalue weighted by Crippen LogP contribution is 2.22. The summed E-state index contributed by atoms with van der Waals surface area (Å²) in [4.78, 5) is 24.4. The van der Waals surface area contributed by atoms with Crippen LogP contribution in [-0.2, 0) is 14.6 Å². The summed E-state index contributed by atoms with van der Waals surface area (Å²) in [5.74, 6) is -1.25. The standard InChI is InChI=1S/C12H22N2O5S/c1-3-20(18,19)7-5-13-12(17)14-6-4-10(11(15)16)8-9(14)2/h9-10H,3-8H2,1-2H3,(H,13,17)(H,15,16). The van der Waals surface area contributed by atoms with Crippen molar-refractivity contribution < 1.29 is 23.1 Å². The lowest BCUT2D eigenvalue weighted by Gasteiger charge is -2.36. The molecule has 1 heterocycles. The summed E-state index contributed by atoms with van der Waals surface area (Å²) in [6.07, 6.45) is 0.858. The van der Waals surface area contributed by atoms with Crippen LogP contribution in [0.25, 0.3) is 0 Å². The summed E-state index contributed by atoms with van der Waals surface area (Å²) in [6, 6.07) is -0.486. The van der Waals surface area contributed by atoms with Gasteiger partial charge >= 0.3 is 12.0 Å². The number of urea groups is 1. The number of carboxylic acid groups (broad SMARTS) is 1. The van der Waals surface area contributed by atoms with Crippen LogP contribution in [0.3, 0.4) is 0 Å². The molecule has 0 spiro atoms. The number of carbonyl (C=O) groups is 2. The SMILES string of the molecule is CCS(=O)(=O)CCNC(=O)N1CCC(C(=O)O)CC1C. The third-order valence-corrected chi connectivity index (χ3v) is 5.32. The summed E-state index contributed by atoms with van der Waals surface area (Å²) >= 11 is 0. The summed E-state index contributed by atoms with van der Waals surface area (Å²) in [7, 11) is -3.09. The Morgan fingerprint density at radius 3 is 2.55 bits per heavy atom. The fraction of sp³-hybridized carbons (Fsp3) is 0.833. The second-order valence-corrected chi connectivity index (χ2v) is 7.54. The third-order valence-electron chi connectivity index (χ3n) is 3.62. The Kier molecular flexibility index (Phi) is 5.79. The summed E-state index contributed by atoms with van der Waals surface area (Å²) < 4.78 is 22.6. The highest BCUT2D eigenvalue weighted by molar-refractivity contribution is 7.91. The zero-order chi connectivity index (χ0) is 15.3. The highest BCUT2D eigenvalue weighted by atomic mass is 32.2. The van der Waals surface area contributed by atoms with Gasteiger partial charge in [-0.25, -0.2) is 13.2 Å². The largest absolute Gasteiger partial charge is 0.481 e. The van der Waals surface area contributed by atoms with Crippen molar-refractivity contribution in [1.29, 1.82) is 0 Å². The van der Waals surface area contributed by atoms with Crippen molar-refractivity contribution in [3.05, 3.63) is 0 Å². The van der Waals surface area contributed by atoms with Crippen LogP contribution >= 0.6 is 0 Å². The molecule has 2 atom stereocenters. The molecule has 20 heavy (non-hydrogen) atoms. The maximum absolute atomic E-state index is 11.9. The Labute approximate surface area is 119 Å². The van der Waals surface area contributed by atoms with Gasteiger partial charge in [0.2, 0.25) is 0 Å². The Hall–Kier alpha value is -1.31. The van der Waals surface area contributed by atoms with Crippen molar-refractivity contribution in [2.75, 3.05) is 24.6 Å². The van der Waals surface area contributed by atoms with Crippen LogP contribution in [0.15, 0.2) is 0 Å². The molecule has 0 radical (unpaired) electrons. The Balaban J connectivity index is 2.43. The molecule has 2 N–H and O–H groups in total. The number of rotatable bonds is 5. The Morgan fingerprint density at radius 1 is 1.40 bits per heavy atom. The lowest BCUT2D eigenvalue weighted by molar-refractivity contribution is -0.143. The van der Waals surface area contributed by atoms with Crippen molar-refractivity contribution in [2.24, 2.45) is 5.92 Å². The van der Waals surface area contributed by atoms with E-state index in [1.807, 2.05) is 0 Å². The molecule has 0 aromatic heterocycles. The van der Waals surface area contributed by atoms with Gasteiger partial charge in [-0.2, -0.15) is 0 Å². The monoisotopic (exact) mass is 306 g/mol. The lowest BCUT2D eigenvalue weighted by Crippen LogP contribution is -2.50. The van der Waals surface area contributed by atoms with E-state index < -0.39 is 21.7 Å². The Morgan fingerprint density at radius 2 is 2.05 bits per heavy atom. The zero-order valence-corrected chi connectivity index (χ0v) is 12.6. The van der Waals surface area contributed by atoms with Gasteiger partial charge < -0.3 is 15.3 Å². The number of amides is 2. The number of sulfone groups is 1. The first-order valence-corrected chi connectivity index (χ1v) is 8.56. The van der Waals surface area contributed by atoms with E-state index in [0.717, 1.165) is 0 Å². The Bertz CT molecular complexity index is 462. The van der Waals surface area contributed by atoms with Crippen LogP contribution in [0, 0.1) is 5.92 Å². The van der Waals surface area contributed by atoms with Gasteiger partial charge in [-0.15, -0.1) is 0 Å². The topological polar surface area (TPSA) is 104 Å². The number of hydrogen-bond donors (Lipinski definition) is 2. The van der Waals surface area contributed by atoms with Crippen LogP contribution in [0.4, 0.5) is 4.79 Å². The molecule has 0 aromatic carbocycles. The molecule has 1 aliphatic heterocycles. The number of piperidine rings is 1. The van der Waals surface area contributed by atoms with E-state index in [0.29, 0.717) is 19.4 Å². The van der Waals surface area contributed by atoms with Crippen molar-refractivity contribution in [2.45, 2.75) is 32.7 Å². The molecular weight excluding hydrogens is 284 g/mol. The van der Waals surface area contributed by atoms with Crippen LogP contribution in [0.2, 0.25) is 0 Å². The molecule has 2 amide bonds. The molecule has 1 fully saturated rings. The van der Waals surface area contributed by atoms with E-state index in [2.05, 4.69) is 5.32 Å². The summed E-state index contributed by atoms with van der Waals surface area (Å²) in [5.41, 5.74) is 0. The van der Waals surface area contributed by atoms with Gasteiger partial charge in [-0.05, 0) is 19.8 Å². The van der Waals surface area contributed by atoms with Crippen molar-refractivity contribution in [1.82, 2.24) is 10.2 Å². The van der Waals surface area contributed by atoms with Gasteiger partial charge in [0.25, 0.3) is 0 Å². The molecule has 2 unspecified atom stereocenters. The number of likely N-dealkylation sites (tertiary alicyclic amines) is 1. The number of hydrogen-bond acceptors (Lipinski definition) is 4. The summed E-state index contributed by atoms with van der Waals surface area (Å²) in [5, 5.41) is 11.5. The molecule has 7 nitrogen and oxygen atoms in total. The van der Waals surface area contributed by atoms with E-state index in [-0.39, 0.29) is 30.1 Å². The van der Waals surface area contributed by atoms with Crippen LogP contribution in [-0.4, -0.2) is 61.1 Å². The quantitative estimate of drug-likeness (QED) is 0.761. The minimum absolute atomic E-state index is 0.0588. The van der Waals surface area contributed by atoms with E-state index in [4.69, 9.17) is 5.11 Å². The fourth-order valence-corrected chi connectivity index (χ4v) is 2.96. The molecule has 0 saturated carbocycles. The van der Waals surface area contributed by atoms with Crippen LogP contribution < -0.4 is 5.32 Å². The molecule has 1 rings (SSSR count). The van der Waals surface area contributed by atoms with Crippen molar-refractivity contribution in [3.63, 3.8) is 0 Å². The highest BCUT2D eigenvalue weighted by Gasteiger charge is 2.32. The van der Waals surface area contributed by atoms with Crippen LogP contribution in [0.5, 0.6) is 0 Å². The minimum Gasteiger partial charge on any atom is -0.481 e. The maximum atomic E-state index is 11.9. The van der Waals surface area contributed by atoms with Gasteiger partial charge in [-0.1, -0.05) is 6.92 Å². The van der Waals surface area contributed by atoms with E-state index in [1.165, 1.54) is 0 Å². The second-order valence-electron chi connectivity index (χ2n) is 5.07. The molecule has 0 aromatic rings. The van der Waals surface area contributed by atoms with E-state index in [9.17, 15) is 18.0 Å². The second kappa shape index (κ2) is 6.92. The number of carbonyl (C=O) groups excluding carboxylic acids is 1.